The van der Waals surface area contributed by atoms with Gasteiger partial charge in [0.2, 0.25) is 0 Å². The standard InChI is InChI=1S/C18H28N8/c19-11-5-12(20)8-25(7-11)17-15-3-1-2-4-16(15)18(24-23-17)26-9-13(21)6-14(22)10-26/h1-4,11-14H,5-10,19-22H2. The van der Waals surface area contributed by atoms with Gasteiger partial charge in [0.25, 0.3) is 0 Å². The zero-order valence-corrected chi connectivity index (χ0v) is 15.0. The molecule has 8 heteroatoms. The van der Waals surface area contributed by atoms with Crippen LogP contribution in [0.5, 0.6) is 0 Å². The summed E-state index contributed by atoms with van der Waals surface area (Å²) in [6, 6.07) is 8.42. The molecule has 2 aliphatic rings. The van der Waals surface area contributed by atoms with Gasteiger partial charge in [-0.15, -0.1) is 10.2 Å². The average molecular weight is 356 g/mol. The first-order valence-electron chi connectivity index (χ1n) is 9.29. The molecule has 2 fully saturated rings. The van der Waals surface area contributed by atoms with Crippen molar-refractivity contribution in [1.29, 1.82) is 0 Å². The van der Waals surface area contributed by atoms with Gasteiger partial charge >= 0.3 is 0 Å². The maximum atomic E-state index is 6.17. The first-order valence-corrected chi connectivity index (χ1v) is 9.29. The highest BCUT2D eigenvalue weighted by Crippen LogP contribution is 2.32. The van der Waals surface area contributed by atoms with Crippen molar-refractivity contribution >= 4 is 22.4 Å². The van der Waals surface area contributed by atoms with Gasteiger partial charge in [0, 0.05) is 61.1 Å². The molecule has 0 amide bonds. The van der Waals surface area contributed by atoms with Crippen molar-refractivity contribution in [2.75, 3.05) is 36.0 Å². The summed E-state index contributed by atoms with van der Waals surface area (Å²) in [6.07, 6.45) is 1.67. The highest BCUT2D eigenvalue weighted by atomic mass is 15.3. The second-order valence-electron chi connectivity index (χ2n) is 7.71. The Labute approximate surface area is 153 Å². The Kier molecular flexibility index (Phi) is 4.66. The van der Waals surface area contributed by atoms with E-state index >= 15 is 0 Å². The molecule has 0 aliphatic carbocycles. The molecule has 1 aromatic heterocycles. The minimum atomic E-state index is 0.0529. The molecule has 4 atom stereocenters. The molecule has 26 heavy (non-hydrogen) atoms. The lowest BCUT2D eigenvalue weighted by Crippen LogP contribution is -2.53. The molecule has 0 bridgehead atoms. The van der Waals surface area contributed by atoms with Crippen molar-refractivity contribution in [2.45, 2.75) is 37.0 Å². The normalized spacial score (nSPS) is 30.0. The van der Waals surface area contributed by atoms with Crippen LogP contribution in [-0.4, -0.2) is 60.5 Å². The van der Waals surface area contributed by atoms with Crippen LogP contribution in [0.15, 0.2) is 24.3 Å². The zero-order chi connectivity index (χ0) is 18.3. The van der Waals surface area contributed by atoms with E-state index in [2.05, 4.69) is 32.1 Å². The molecular weight excluding hydrogens is 328 g/mol. The van der Waals surface area contributed by atoms with Crippen molar-refractivity contribution in [3.63, 3.8) is 0 Å². The topological polar surface area (TPSA) is 136 Å². The lowest BCUT2D eigenvalue weighted by molar-refractivity contribution is 0.446. The fraction of sp³-hybridized carbons (Fsp3) is 0.556. The molecule has 0 saturated carbocycles. The van der Waals surface area contributed by atoms with E-state index in [1.165, 1.54) is 0 Å². The Morgan fingerprint density at radius 3 is 1.35 bits per heavy atom. The minimum Gasteiger partial charge on any atom is -0.352 e. The number of hydrogen-bond donors (Lipinski definition) is 4. The van der Waals surface area contributed by atoms with Gasteiger partial charge in [0.1, 0.15) is 0 Å². The molecule has 140 valence electrons. The second-order valence-corrected chi connectivity index (χ2v) is 7.71. The monoisotopic (exact) mass is 356 g/mol. The molecule has 0 spiro atoms. The number of nitrogens with zero attached hydrogens (tertiary/aromatic N) is 4. The number of nitrogens with two attached hydrogens (primary N) is 4. The fourth-order valence-electron chi connectivity index (χ4n) is 4.25. The summed E-state index contributed by atoms with van der Waals surface area (Å²) >= 11 is 0. The van der Waals surface area contributed by atoms with Crippen molar-refractivity contribution in [3.05, 3.63) is 24.3 Å². The van der Waals surface area contributed by atoms with Crippen LogP contribution in [0.4, 0.5) is 11.6 Å². The van der Waals surface area contributed by atoms with E-state index in [0.29, 0.717) is 0 Å². The number of fused-ring (bicyclic) bond motifs is 1. The van der Waals surface area contributed by atoms with E-state index in [1.807, 2.05) is 12.1 Å². The van der Waals surface area contributed by atoms with Gasteiger partial charge in [-0.3, -0.25) is 0 Å². The quantitative estimate of drug-likeness (QED) is 0.558. The van der Waals surface area contributed by atoms with Crippen LogP contribution < -0.4 is 32.7 Å². The zero-order valence-electron chi connectivity index (χ0n) is 15.0. The Bertz CT molecular complexity index is 696. The van der Waals surface area contributed by atoms with E-state index in [1.54, 1.807) is 0 Å². The summed E-state index contributed by atoms with van der Waals surface area (Å²) in [4.78, 5) is 4.32. The highest BCUT2D eigenvalue weighted by molar-refractivity contribution is 5.99. The lowest BCUT2D eigenvalue weighted by Gasteiger charge is -2.37. The third kappa shape index (κ3) is 3.33. The smallest absolute Gasteiger partial charge is 0.159 e. The van der Waals surface area contributed by atoms with Gasteiger partial charge in [-0.1, -0.05) is 24.3 Å². The Balaban J connectivity index is 1.74. The van der Waals surface area contributed by atoms with Crippen LogP contribution in [0.2, 0.25) is 0 Å². The number of piperidine rings is 2. The number of hydrogen-bond acceptors (Lipinski definition) is 8. The van der Waals surface area contributed by atoms with Crippen LogP contribution in [0.3, 0.4) is 0 Å². The number of benzene rings is 1. The van der Waals surface area contributed by atoms with Crippen LogP contribution in [0.25, 0.3) is 10.8 Å². The minimum absolute atomic E-state index is 0.0529. The first kappa shape index (κ1) is 17.4. The summed E-state index contributed by atoms with van der Waals surface area (Å²) in [5, 5.41) is 11.3. The summed E-state index contributed by atoms with van der Waals surface area (Å²) < 4.78 is 0. The van der Waals surface area contributed by atoms with E-state index in [0.717, 1.165) is 61.4 Å². The molecule has 4 unspecified atom stereocenters. The van der Waals surface area contributed by atoms with Crippen LogP contribution in [-0.2, 0) is 0 Å². The van der Waals surface area contributed by atoms with Crippen LogP contribution >= 0.6 is 0 Å². The SMILES string of the molecule is NC1CC(N)CN(c2nnc(N3CC(N)CC(N)C3)c3ccccc23)C1. The average Bonchev–Trinajstić information content (AvgIpc) is 2.59. The number of rotatable bonds is 2. The summed E-state index contributed by atoms with van der Waals surface area (Å²) in [5.74, 6) is 1.70. The van der Waals surface area contributed by atoms with E-state index < -0.39 is 0 Å². The molecule has 8 N–H and O–H groups in total. The van der Waals surface area contributed by atoms with E-state index in [-0.39, 0.29) is 24.2 Å². The predicted octanol–water partition coefficient (Wildman–Crippen LogP) is -0.641. The molecule has 4 rings (SSSR count). The fourth-order valence-corrected chi connectivity index (χ4v) is 4.25. The highest BCUT2D eigenvalue weighted by Gasteiger charge is 2.28. The number of aromatic nitrogens is 2. The molecule has 8 nitrogen and oxygen atoms in total. The van der Waals surface area contributed by atoms with Crippen molar-refractivity contribution in [1.82, 2.24) is 10.2 Å². The lowest BCUT2D eigenvalue weighted by atomic mass is 10.0. The van der Waals surface area contributed by atoms with Gasteiger partial charge in [-0.05, 0) is 12.8 Å². The Morgan fingerprint density at radius 2 is 1.00 bits per heavy atom. The third-order valence-corrected chi connectivity index (χ3v) is 5.28. The van der Waals surface area contributed by atoms with Gasteiger partial charge in [0.15, 0.2) is 11.6 Å². The van der Waals surface area contributed by atoms with E-state index in [9.17, 15) is 0 Å². The van der Waals surface area contributed by atoms with Crippen LogP contribution in [0.1, 0.15) is 12.8 Å². The Morgan fingerprint density at radius 1 is 0.654 bits per heavy atom. The maximum Gasteiger partial charge on any atom is 0.159 e. The van der Waals surface area contributed by atoms with Crippen molar-refractivity contribution < 1.29 is 0 Å². The maximum absolute atomic E-state index is 6.17. The molecule has 2 saturated heterocycles. The molecular formula is C18H28N8. The Hall–Kier alpha value is -2.00. The largest absolute Gasteiger partial charge is 0.352 e. The summed E-state index contributed by atoms with van der Waals surface area (Å²) in [7, 11) is 0. The van der Waals surface area contributed by atoms with Crippen LogP contribution in [0, 0.1) is 0 Å². The van der Waals surface area contributed by atoms with Gasteiger partial charge in [0.05, 0.1) is 0 Å². The second kappa shape index (κ2) is 6.96. The summed E-state index contributed by atoms with van der Waals surface area (Å²) in [6.45, 7) is 2.97. The van der Waals surface area contributed by atoms with Gasteiger partial charge in [-0.25, -0.2) is 0 Å². The molecule has 2 aromatic rings. The third-order valence-electron chi connectivity index (χ3n) is 5.28. The van der Waals surface area contributed by atoms with Crippen molar-refractivity contribution in [2.24, 2.45) is 22.9 Å². The molecule has 2 aliphatic heterocycles. The van der Waals surface area contributed by atoms with Crippen molar-refractivity contribution in [3.8, 4) is 0 Å². The predicted molar refractivity (Wildman–Crippen MR) is 105 cm³/mol. The van der Waals surface area contributed by atoms with E-state index in [4.69, 9.17) is 22.9 Å². The molecule has 0 radical (unpaired) electrons. The van der Waals surface area contributed by atoms with Gasteiger partial charge in [-0.2, -0.15) is 0 Å². The van der Waals surface area contributed by atoms with Gasteiger partial charge < -0.3 is 32.7 Å². The molecule has 1 aromatic carbocycles. The number of anilines is 2. The summed E-state index contributed by atoms with van der Waals surface area (Å²) in [5.41, 5.74) is 24.7. The molecule has 3 heterocycles. The first-order chi connectivity index (χ1) is 12.5.